The minimum absolute atomic E-state index is 0.168. The van der Waals surface area contributed by atoms with E-state index in [4.69, 9.17) is 4.74 Å². The molecule has 3 heteroatoms. The molecule has 0 atom stereocenters. The molecule has 2 nitrogen and oxygen atoms in total. The second-order valence-electron chi connectivity index (χ2n) is 4.46. The third kappa shape index (κ3) is 5.28. The van der Waals surface area contributed by atoms with Crippen LogP contribution in [0.2, 0.25) is 0 Å². The van der Waals surface area contributed by atoms with Crippen LogP contribution in [0.25, 0.3) is 0 Å². The highest BCUT2D eigenvalue weighted by atomic mass is 19.1. The molecule has 0 saturated carbocycles. The third-order valence-corrected chi connectivity index (χ3v) is 2.63. The van der Waals surface area contributed by atoms with Crippen molar-refractivity contribution in [2.45, 2.75) is 39.2 Å². The highest BCUT2D eigenvalue weighted by Gasteiger charge is 2.12. The van der Waals surface area contributed by atoms with E-state index in [1.807, 2.05) is 13.8 Å². The van der Waals surface area contributed by atoms with Gasteiger partial charge in [0.25, 0.3) is 0 Å². The number of rotatable bonds is 5. The van der Waals surface area contributed by atoms with E-state index in [2.05, 4.69) is 4.90 Å². The van der Waals surface area contributed by atoms with Gasteiger partial charge in [0.15, 0.2) is 0 Å². The molecule has 0 bridgehead atoms. The molecule has 88 valence electrons. The summed E-state index contributed by atoms with van der Waals surface area (Å²) in [6.45, 7) is 7.28. The Hall–Kier alpha value is -0.410. The minimum atomic E-state index is 0.168. The number of likely N-dealkylation sites (tertiary alicyclic amines) is 1. The van der Waals surface area contributed by atoms with E-state index in [9.17, 15) is 4.39 Å². The summed E-state index contributed by atoms with van der Waals surface area (Å²) in [5.41, 5.74) is 0.755. The van der Waals surface area contributed by atoms with Gasteiger partial charge in [-0.25, -0.2) is 4.39 Å². The lowest BCUT2D eigenvalue weighted by atomic mass is 10.1. The van der Waals surface area contributed by atoms with Crippen LogP contribution in [0.4, 0.5) is 4.39 Å². The number of ether oxygens (including phenoxy) is 1. The van der Waals surface area contributed by atoms with E-state index < -0.39 is 0 Å². The molecule has 1 aliphatic rings. The predicted octanol–water partition coefficient (Wildman–Crippen LogP) is 2.75. The first-order valence-electron chi connectivity index (χ1n) is 5.84. The van der Waals surface area contributed by atoms with E-state index in [-0.39, 0.29) is 6.10 Å². The minimum Gasteiger partial charge on any atom is -0.374 e. The zero-order valence-corrected chi connectivity index (χ0v) is 9.84. The molecular weight excluding hydrogens is 193 g/mol. The molecule has 1 heterocycles. The number of nitrogens with zero attached hydrogens (tertiary/aromatic N) is 1. The Kier molecular flexibility index (Phi) is 5.88. The monoisotopic (exact) mass is 215 g/mol. The molecule has 1 rings (SSSR count). The molecule has 0 unspecified atom stereocenters. The maximum Gasteiger partial charge on any atom is 0.0894 e. The van der Waals surface area contributed by atoms with Crippen LogP contribution in [-0.4, -0.2) is 37.2 Å². The van der Waals surface area contributed by atoms with Gasteiger partial charge in [0.2, 0.25) is 0 Å². The van der Waals surface area contributed by atoms with Gasteiger partial charge in [-0.1, -0.05) is 6.42 Å². The molecule has 0 aromatic rings. The van der Waals surface area contributed by atoms with Crippen LogP contribution in [0.3, 0.4) is 0 Å². The van der Waals surface area contributed by atoms with Gasteiger partial charge in [0, 0.05) is 6.54 Å². The Labute approximate surface area is 92.1 Å². The molecule has 0 amide bonds. The standard InChI is InChI=1S/C12H22FNO/c1-11(2)15-10-12(8-13)9-14-6-4-3-5-7-14/h8,11H,3-7,9-10H2,1-2H3/b12-8+. The summed E-state index contributed by atoms with van der Waals surface area (Å²) in [6.07, 6.45) is 4.67. The van der Waals surface area contributed by atoms with E-state index in [0.717, 1.165) is 25.2 Å². The predicted molar refractivity (Wildman–Crippen MR) is 60.6 cm³/mol. The summed E-state index contributed by atoms with van der Waals surface area (Å²) < 4.78 is 18.0. The average Bonchev–Trinajstić information content (AvgIpc) is 2.25. The van der Waals surface area contributed by atoms with Gasteiger partial charge < -0.3 is 4.74 Å². The Bertz CT molecular complexity index is 198. The van der Waals surface area contributed by atoms with Crippen molar-refractivity contribution in [2.24, 2.45) is 0 Å². The van der Waals surface area contributed by atoms with E-state index >= 15 is 0 Å². The van der Waals surface area contributed by atoms with Crippen LogP contribution >= 0.6 is 0 Å². The van der Waals surface area contributed by atoms with Crippen molar-refractivity contribution in [3.63, 3.8) is 0 Å². The van der Waals surface area contributed by atoms with Crippen LogP contribution in [0.15, 0.2) is 11.9 Å². The van der Waals surface area contributed by atoms with Gasteiger partial charge in [0.05, 0.1) is 19.0 Å². The van der Waals surface area contributed by atoms with Crippen molar-refractivity contribution in [3.05, 3.63) is 11.9 Å². The summed E-state index contributed by atoms with van der Waals surface area (Å²) in [6, 6.07) is 0. The lowest BCUT2D eigenvalue weighted by molar-refractivity contribution is 0.0912. The zero-order chi connectivity index (χ0) is 11.1. The number of hydrogen-bond acceptors (Lipinski definition) is 2. The number of piperidine rings is 1. The van der Waals surface area contributed by atoms with Crippen molar-refractivity contribution in [1.29, 1.82) is 0 Å². The maximum absolute atomic E-state index is 12.6. The largest absolute Gasteiger partial charge is 0.374 e. The fourth-order valence-corrected chi connectivity index (χ4v) is 1.79. The third-order valence-electron chi connectivity index (χ3n) is 2.63. The Morgan fingerprint density at radius 1 is 1.33 bits per heavy atom. The van der Waals surface area contributed by atoms with Crippen molar-refractivity contribution >= 4 is 0 Å². The van der Waals surface area contributed by atoms with Gasteiger partial charge >= 0.3 is 0 Å². The molecule has 0 spiro atoms. The second kappa shape index (κ2) is 6.96. The van der Waals surface area contributed by atoms with Crippen LogP contribution in [0, 0.1) is 0 Å². The van der Waals surface area contributed by atoms with Gasteiger partial charge in [0.1, 0.15) is 0 Å². The van der Waals surface area contributed by atoms with Gasteiger partial charge in [-0.2, -0.15) is 0 Å². The van der Waals surface area contributed by atoms with Crippen molar-refractivity contribution in [1.82, 2.24) is 4.90 Å². The Balaban J connectivity index is 2.26. The normalized spacial score (nSPS) is 19.9. The quantitative estimate of drug-likeness (QED) is 0.699. The molecule has 1 saturated heterocycles. The average molecular weight is 215 g/mol. The summed E-state index contributed by atoms with van der Waals surface area (Å²) in [5.74, 6) is 0. The van der Waals surface area contributed by atoms with Crippen molar-refractivity contribution in [2.75, 3.05) is 26.2 Å². The lowest BCUT2D eigenvalue weighted by Gasteiger charge is -2.27. The van der Waals surface area contributed by atoms with Crippen LogP contribution in [-0.2, 0) is 4.74 Å². The first-order valence-corrected chi connectivity index (χ1v) is 5.84. The maximum atomic E-state index is 12.6. The SMILES string of the molecule is CC(C)OC/C(=C/F)CN1CCCCC1. The van der Waals surface area contributed by atoms with Crippen LogP contribution in [0.1, 0.15) is 33.1 Å². The smallest absolute Gasteiger partial charge is 0.0894 e. The highest BCUT2D eigenvalue weighted by molar-refractivity contribution is 5.01. The molecule has 1 fully saturated rings. The van der Waals surface area contributed by atoms with Crippen molar-refractivity contribution in [3.8, 4) is 0 Å². The second-order valence-corrected chi connectivity index (χ2v) is 4.46. The Morgan fingerprint density at radius 2 is 2.00 bits per heavy atom. The molecular formula is C12H22FNO. The molecule has 0 radical (unpaired) electrons. The lowest BCUT2D eigenvalue weighted by Crippen LogP contribution is -2.32. The first kappa shape index (κ1) is 12.7. The molecule has 0 aliphatic carbocycles. The number of hydrogen-bond donors (Lipinski definition) is 0. The van der Waals surface area contributed by atoms with Gasteiger partial charge in [-0.3, -0.25) is 4.90 Å². The zero-order valence-electron chi connectivity index (χ0n) is 9.84. The van der Waals surface area contributed by atoms with Crippen LogP contribution in [0.5, 0.6) is 0 Å². The van der Waals surface area contributed by atoms with Gasteiger partial charge in [-0.15, -0.1) is 0 Å². The topological polar surface area (TPSA) is 12.5 Å². The van der Waals surface area contributed by atoms with E-state index in [0.29, 0.717) is 12.9 Å². The summed E-state index contributed by atoms with van der Waals surface area (Å²) >= 11 is 0. The summed E-state index contributed by atoms with van der Waals surface area (Å²) in [7, 11) is 0. The molecule has 0 N–H and O–H groups in total. The summed E-state index contributed by atoms with van der Waals surface area (Å²) in [5, 5.41) is 0. The van der Waals surface area contributed by atoms with Gasteiger partial charge in [-0.05, 0) is 45.4 Å². The van der Waals surface area contributed by atoms with E-state index in [1.54, 1.807) is 0 Å². The van der Waals surface area contributed by atoms with Crippen LogP contribution < -0.4 is 0 Å². The fraction of sp³-hybridized carbons (Fsp3) is 0.833. The molecule has 0 aromatic heterocycles. The molecule has 1 aliphatic heterocycles. The van der Waals surface area contributed by atoms with E-state index in [1.165, 1.54) is 19.3 Å². The van der Waals surface area contributed by atoms with Crippen molar-refractivity contribution < 1.29 is 9.13 Å². The summed E-state index contributed by atoms with van der Waals surface area (Å²) in [4.78, 5) is 2.30. The fourth-order valence-electron chi connectivity index (χ4n) is 1.79. The Morgan fingerprint density at radius 3 is 2.53 bits per heavy atom. The molecule has 15 heavy (non-hydrogen) atoms. The first-order chi connectivity index (χ1) is 7.22. The highest BCUT2D eigenvalue weighted by Crippen LogP contribution is 2.11. The molecule has 0 aromatic carbocycles. The number of halogens is 1.